The Hall–Kier alpha value is -2.69. The molecule has 1 amide bonds. The first-order valence-electron chi connectivity index (χ1n) is 8.76. The van der Waals surface area contributed by atoms with Crippen molar-refractivity contribution in [2.24, 2.45) is 0 Å². The van der Waals surface area contributed by atoms with Crippen LogP contribution >= 0.6 is 0 Å². The lowest BCUT2D eigenvalue weighted by Gasteiger charge is -2.26. The fourth-order valence-corrected chi connectivity index (χ4v) is 3.32. The smallest absolute Gasteiger partial charge is 0.269 e. The highest BCUT2D eigenvalue weighted by atomic mass is 16.6. The van der Waals surface area contributed by atoms with E-state index < -0.39 is 6.10 Å². The fourth-order valence-electron chi connectivity index (χ4n) is 3.32. The molecule has 0 aliphatic carbocycles. The van der Waals surface area contributed by atoms with Crippen molar-refractivity contribution in [2.75, 3.05) is 29.9 Å². The molecule has 1 saturated heterocycles. The minimum absolute atomic E-state index is 0.188. The molecule has 1 atom stereocenters. The number of carbonyl (C=O) groups excluding carboxylic acids is 1. The van der Waals surface area contributed by atoms with Crippen molar-refractivity contribution in [1.82, 2.24) is 0 Å². The van der Waals surface area contributed by atoms with Crippen molar-refractivity contribution < 1.29 is 14.3 Å². The van der Waals surface area contributed by atoms with Gasteiger partial charge in [-0.2, -0.15) is 0 Å². The molecule has 2 aromatic carbocycles. The highest BCUT2D eigenvalue weighted by molar-refractivity contribution is 5.95. The van der Waals surface area contributed by atoms with E-state index in [9.17, 15) is 4.79 Å². The highest BCUT2D eigenvalue weighted by Gasteiger charge is 2.27. The van der Waals surface area contributed by atoms with Crippen LogP contribution in [-0.2, 0) is 4.79 Å². The van der Waals surface area contributed by atoms with Gasteiger partial charge in [0.1, 0.15) is 6.61 Å². The molecule has 130 valence electrons. The number of para-hydroxylation sites is 2. The number of amides is 1. The van der Waals surface area contributed by atoms with Gasteiger partial charge in [-0.15, -0.1) is 0 Å². The van der Waals surface area contributed by atoms with Crippen LogP contribution in [-0.4, -0.2) is 31.7 Å². The van der Waals surface area contributed by atoms with E-state index in [1.54, 1.807) is 0 Å². The van der Waals surface area contributed by atoms with Gasteiger partial charge in [0.15, 0.2) is 11.5 Å². The molecule has 0 aromatic heterocycles. The summed E-state index contributed by atoms with van der Waals surface area (Å²) in [6.45, 7) is 4.45. The molecule has 0 spiro atoms. The lowest BCUT2D eigenvalue weighted by Crippen LogP contribution is -2.40. The molecule has 2 aromatic rings. The van der Waals surface area contributed by atoms with Crippen molar-refractivity contribution in [3.05, 3.63) is 48.0 Å². The van der Waals surface area contributed by atoms with Crippen molar-refractivity contribution in [1.29, 1.82) is 0 Å². The van der Waals surface area contributed by atoms with E-state index in [1.165, 1.54) is 18.5 Å². The molecule has 5 nitrogen and oxygen atoms in total. The number of aryl methyl sites for hydroxylation is 1. The zero-order chi connectivity index (χ0) is 17.2. The quantitative estimate of drug-likeness (QED) is 0.932. The highest BCUT2D eigenvalue weighted by Crippen LogP contribution is 2.31. The largest absolute Gasteiger partial charge is 0.485 e. The fraction of sp³-hybridized carbons (Fsp3) is 0.350. The maximum Gasteiger partial charge on any atom is 0.269 e. The first-order chi connectivity index (χ1) is 12.2. The van der Waals surface area contributed by atoms with Crippen LogP contribution in [0.25, 0.3) is 0 Å². The Morgan fingerprint density at radius 2 is 1.88 bits per heavy atom. The van der Waals surface area contributed by atoms with Crippen molar-refractivity contribution >= 4 is 17.3 Å². The first kappa shape index (κ1) is 15.8. The van der Waals surface area contributed by atoms with Crippen LogP contribution in [0.5, 0.6) is 11.5 Å². The number of nitrogens with one attached hydrogen (secondary N) is 1. The number of nitrogens with zero attached hydrogens (tertiary/aromatic N) is 1. The van der Waals surface area contributed by atoms with Crippen molar-refractivity contribution in [3.8, 4) is 11.5 Å². The number of benzene rings is 2. The van der Waals surface area contributed by atoms with Gasteiger partial charge in [0.2, 0.25) is 6.10 Å². The summed E-state index contributed by atoms with van der Waals surface area (Å²) in [5.74, 6) is 1.10. The van der Waals surface area contributed by atoms with E-state index in [0.29, 0.717) is 11.5 Å². The molecule has 0 bridgehead atoms. The number of ether oxygens (including phenoxy) is 2. The third-order valence-corrected chi connectivity index (χ3v) is 4.74. The lowest BCUT2D eigenvalue weighted by atomic mass is 10.1. The number of fused-ring (bicyclic) bond motifs is 1. The maximum absolute atomic E-state index is 12.5. The zero-order valence-corrected chi connectivity index (χ0v) is 14.3. The second-order valence-electron chi connectivity index (χ2n) is 6.55. The van der Waals surface area contributed by atoms with Crippen LogP contribution in [0.1, 0.15) is 18.4 Å². The Kier molecular flexibility index (Phi) is 4.22. The van der Waals surface area contributed by atoms with Crippen LogP contribution in [0.3, 0.4) is 0 Å². The Balaban J connectivity index is 1.44. The molecule has 1 fully saturated rings. The molecule has 25 heavy (non-hydrogen) atoms. The average molecular weight is 338 g/mol. The summed E-state index contributed by atoms with van der Waals surface area (Å²) in [7, 11) is 0. The molecule has 2 aliphatic rings. The predicted molar refractivity (Wildman–Crippen MR) is 97.6 cm³/mol. The van der Waals surface area contributed by atoms with Crippen LogP contribution < -0.4 is 19.7 Å². The molecule has 1 unspecified atom stereocenters. The molecule has 1 N–H and O–H groups in total. The minimum atomic E-state index is -0.646. The van der Waals surface area contributed by atoms with E-state index >= 15 is 0 Å². The summed E-state index contributed by atoms with van der Waals surface area (Å²) < 4.78 is 11.4. The lowest BCUT2D eigenvalue weighted by molar-refractivity contribution is -0.125. The third-order valence-electron chi connectivity index (χ3n) is 4.74. The van der Waals surface area contributed by atoms with Gasteiger partial charge >= 0.3 is 0 Å². The summed E-state index contributed by atoms with van der Waals surface area (Å²) in [4.78, 5) is 14.9. The van der Waals surface area contributed by atoms with Crippen molar-refractivity contribution in [3.63, 3.8) is 0 Å². The van der Waals surface area contributed by atoms with Gasteiger partial charge in [0.25, 0.3) is 5.91 Å². The van der Waals surface area contributed by atoms with Gasteiger partial charge < -0.3 is 19.7 Å². The van der Waals surface area contributed by atoms with Gasteiger partial charge in [0, 0.05) is 24.5 Å². The Morgan fingerprint density at radius 1 is 1.12 bits per heavy atom. The molecule has 2 heterocycles. The van der Waals surface area contributed by atoms with Gasteiger partial charge in [-0.3, -0.25) is 4.79 Å². The van der Waals surface area contributed by atoms with E-state index in [1.807, 2.05) is 37.3 Å². The van der Waals surface area contributed by atoms with Crippen LogP contribution in [0.15, 0.2) is 42.5 Å². The number of hydrogen-bond acceptors (Lipinski definition) is 4. The van der Waals surface area contributed by atoms with E-state index in [2.05, 4.69) is 22.3 Å². The van der Waals surface area contributed by atoms with Gasteiger partial charge in [-0.25, -0.2) is 0 Å². The number of anilines is 2. The normalized spacial score (nSPS) is 18.9. The molecule has 2 aliphatic heterocycles. The van der Waals surface area contributed by atoms with Gasteiger partial charge in [-0.05, 0) is 55.7 Å². The average Bonchev–Trinajstić information content (AvgIpc) is 3.17. The van der Waals surface area contributed by atoms with Gasteiger partial charge in [0.05, 0.1) is 0 Å². The molecular formula is C20H22N2O3. The van der Waals surface area contributed by atoms with Gasteiger partial charge in [-0.1, -0.05) is 12.1 Å². The van der Waals surface area contributed by atoms with Crippen LogP contribution in [0.4, 0.5) is 11.4 Å². The molecule has 0 radical (unpaired) electrons. The summed E-state index contributed by atoms with van der Waals surface area (Å²) >= 11 is 0. The van der Waals surface area contributed by atoms with E-state index in [-0.39, 0.29) is 12.5 Å². The molecule has 5 heteroatoms. The summed E-state index contributed by atoms with van der Waals surface area (Å²) in [5.41, 5.74) is 3.09. The van der Waals surface area contributed by atoms with Crippen LogP contribution in [0, 0.1) is 6.92 Å². The first-order valence-corrected chi connectivity index (χ1v) is 8.76. The summed E-state index contributed by atoms with van der Waals surface area (Å²) in [5, 5.41) is 2.97. The minimum Gasteiger partial charge on any atom is -0.485 e. The second-order valence-corrected chi connectivity index (χ2v) is 6.55. The Bertz CT molecular complexity index is 784. The van der Waals surface area contributed by atoms with Crippen molar-refractivity contribution in [2.45, 2.75) is 25.9 Å². The Morgan fingerprint density at radius 3 is 2.64 bits per heavy atom. The van der Waals surface area contributed by atoms with E-state index in [4.69, 9.17) is 9.47 Å². The standard InChI is InChI=1S/C20H22N2O3/c1-14-12-15(22-10-4-5-11-22)8-9-16(14)21-20(23)19-13-24-17-6-2-3-7-18(17)25-19/h2-3,6-9,12,19H,4-5,10-11,13H2,1H3,(H,21,23). The SMILES string of the molecule is Cc1cc(N2CCCC2)ccc1NC(=O)C1COc2ccccc2O1. The molecule has 0 saturated carbocycles. The molecular weight excluding hydrogens is 316 g/mol. The topological polar surface area (TPSA) is 50.8 Å². The Labute approximate surface area is 147 Å². The third kappa shape index (κ3) is 3.27. The van der Waals surface area contributed by atoms with Crippen LogP contribution in [0.2, 0.25) is 0 Å². The predicted octanol–water partition coefficient (Wildman–Crippen LogP) is 3.37. The molecule has 4 rings (SSSR count). The number of hydrogen-bond donors (Lipinski definition) is 1. The zero-order valence-electron chi connectivity index (χ0n) is 14.3. The summed E-state index contributed by atoms with van der Waals surface area (Å²) in [6.07, 6.45) is 1.85. The number of carbonyl (C=O) groups is 1. The monoisotopic (exact) mass is 338 g/mol. The summed E-state index contributed by atoms with van der Waals surface area (Å²) in [6, 6.07) is 13.6. The maximum atomic E-state index is 12.5. The number of rotatable bonds is 3. The van der Waals surface area contributed by atoms with E-state index in [0.717, 1.165) is 24.3 Å². The second kappa shape index (κ2) is 6.67.